The maximum absolute atomic E-state index is 14.4. The Balaban J connectivity index is 0.000000207. The van der Waals surface area contributed by atoms with Crippen LogP contribution in [0.5, 0.6) is 11.5 Å². The van der Waals surface area contributed by atoms with Gasteiger partial charge < -0.3 is 31.7 Å². The van der Waals surface area contributed by atoms with E-state index in [0.717, 1.165) is 23.4 Å². The fourth-order valence-electron chi connectivity index (χ4n) is 5.40. The zero-order valence-corrected chi connectivity index (χ0v) is 42.9. The summed E-state index contributed by atoms with van der Waals surface area (Å²) in [6.07, 6.45) is 4.76. The number of nitrogens with two attached hydrogens (primary N) is 2. The third-order valence-electron chi connectivity index (χ3n) is 8.82. The van der Waals surface area contributed by atoms with Crippen molar-refractivity contribution in [3.8, 4) is 34.0 Å². The number of aromatic hydroxyl groups is 2. The van der Waals surface area contributed by atoms with Crippen molar-refractivity contribution in [1.82, 2.24) is 15.0 Å². The van der Waals surface area contributed by atoms with Gasteiger partial charge in [0.05, 0.1) is 44.2 Å². The number of halogens is 9. The third-order valence-corrected chi connectivity index (χ3v) is 13.3. The first-order valence-corrected chi connectivity index (χ1v) is 25.8. The molecule has 0 saturated carbocycles. The number of sulfone groups is 1. The second kappa shape index (κ2) is 26.7. The number of anilines is 2. The molecule has 0 atom stereocenters. The number of nitrogens with zero attached hydrogens (tertiary/aromatic N) is 3. The number of phenolic OH excluding ortho intramolecular Hbond substituents is 2. The molecule has 3 aromatic heterocycles. The quantitative estimate of drug-likeness (QED) is 0.0495. The summed E-state index contributed by atoms with van der Waals surface area (Å²) in [4.78, 5) is 11.0. The van der Waals surface area contributed by atoms with Crippen LogP contribution in [-0.4, -0.2) is 59.2 Å². The molecular formula is C46H35BBrCl5F3N5O8S2. The minimum absolute atomic E-state index is 0.0415. The van der Waals surface area contributed by atoms with Gasteiger partial charge in [-0.05, 0) is 97.1 Å². The molecule has 0 aliphatic carbocycles. The van der Waals surface area contributed by atoms with Crippen molar-refractivity contribution in [1.29, 1.82) is 0 Å². The summed E-state index contributed by atoms with van der Waals surface area (Å²) in [5.74, 6) is -3.34. The molecule has 71 heavy (non-hydrogen) atoms. The summed E-state index contributed by atoms with van der Waals surface area (Å²) in [5.41, 5.74) is 13.7. The van der Waals surface area contributed by atoms with Crippen LogP contribution in [0.15, 0.2) is 166 Å². The Kier molecular flexibility index (Phi) is 21.8. The van der Waals surface area contributed by atoms with Crippen LogP contribution in [0.1, 0.15) is 5.56 Å². The molecule has 5 aromatic carbocycles. The van der Waals surface area contributed by atoms with Crippen LogP contribution < -0.4 is 17.1 Å². The first-order valence-electron chi connectivity index (χ1n) is 19.5. The van der Waals surface area contributed by atoms with E-state index in [1.807, 2.05) is 18.2 Å². The number of benzene rings is 5. The van der Waals surface area contributed by atoms with Gasteiger partial charge in [0.1, 0.15) is 27.2 Å². The predicted octanol–water partition coefficient (Wildman–Crippen LogP) is 10.9. The minimum Gasteiger partial charge on any atom is -0.505 e. The zero-order valence-electron chi connectivity index (χ0n) is 35.9. The Morgan fingerprint density at radius 3 is 1.42 bits per heavy atom. The Labute approximate surface area is 438 Å². The number of hydrogen-bond acceptors (Lipinski definition) is 13. The van der Waals surface area contributed by atoms with Crippen molar-refractivity contribution in [2.45, 2.75) is 15.5 Å². The van der Waals surface area contributed by atoms with Crippen LogP contribution in [0.25, 0.3) is 22.5 Å². The Hall–Kier alpha value is -5.65. The smallest absolute Gasteiger partial charge is 0.505 e. The van der Waals surface area contributed by atoms with Crippen molar-refractivity contribution in [3.63, 3.8) is 0 Å². The number of phenols is 2. The lowest BCUT2D eigenvalue weighted by Crippen LogP contribution is -2.31. The van der Waals surface area contributed by atoms with E-state index in [2.05, 4.69) is 30.9 Å². The molecule has 0 unspecified atom stereocenters. The number of hydrogen-bond donors (Lipinski definition) is 6. The van der Waals surface area contributed by atoms with Crippen molar-refractivity contribution < 1.29 is 50.3 Å². The van der Waals surface area contributed by atoms with Crippen LogP contribution >= 0.6 is 73.0 Å². The van der Waals surface area contributed by atoms with Crippen LogP contribution in [-0.2, 0) is 24.6 Å². The average molecular weight is 1170 g/mol. The molecule has 0 bridgehead atoms. The fourth-order valence-corrected chi connectivity index (χ4v) is 9.43. The van der Waals surface area contributed by atoms with Gasteiger partial charge in [0.25, 0.3) is 9.05 Å². The summed E-state index contributed by atoms with van der Waals surface area (Å²) in [6.45, 7) is 0. The van der Waals surface area contributed by atoms with E-state index in [4.69, 9.17) is 78.6 Å². The van der Waals surface area contributed by atoms with Gasteiger partial charge >= 0.3 is 7.12 Å². The number of aromatic nitrogens is 3. The molecule has 13 nitrogen and oxygen atoms in total. The molecule has 8 aromatic rings. The van der Waals surface area contributed by atoms with Crippen LogP contribution in [0, 0.1) is 17.5 Å². The molecule has 370 valence electrons. The Morgan fingerprint density at radius 1 is 0.563 bits per heavy atom. The summed E-state index contributed by atoms with van der Waals surface area (Å²) >= 11 is 25.7. The molecule has 3 heterocycles. The molecular weight excluding hydrogens is 1140 g/mol. The van der Waals surface area contributed by atoms with Gasteiger partial charge in [-0.3, -0.25) is 15.0 Å². The van der Waals surface area contributed by atoms with E-state index < -0.39 is 64.7 Å². The van der Waals surface area contributed by atoms with E-state index in [0.29, 0.717) is 15.7 Å². The standard InChI is InChI=1S/C18H12Cl2FNO3S.C11H9FN2.C6H5BrFN.C6H3Cl3O3S.C5H6BNO2/c19-13-8-14(20)18(23)17(9-13)26(24,25)10-12-5-4-11(7-15(12)21)16-3-1-2-6-22-16;12-9-7-8(4-5-10(9)13)11-3-1-2-6-14-11;7-4-1-2-6(9)5(8)3-4;7-3-1-4(8)6(10)5(2-3)13(9,11)12;8-6(9)5-3-1-2-4-7-5/h1-9,23H,10H2;1-7H,13H2;1-3H,9H2;1-2,10H;1-4,8-9H. The first-order chi connectivity index (χ1) is 33.4. The second-order valence-electron chi connectivity index (χ2n) is 13.9. The van der Waals surface area contributed by atoms with Gasteiger partial charge in [-0.15, -0.1) is 0 Å². The highest BCUT2D eigenvalue weighted by molar-refractivity contribution is 9.10. The number of pyridine rings is 3. The molecule has 0 saturated heterocycles. The second-order valence-corrected chi connectivity index (χ2v) is 21.0. The topological polar surface area (TPSA) is 240 Å². The average Bonchev–Trinajstić information content (AvgIpc) is 3.33. The minimum atomic E-state index is -4.06. The predicted molar refractivity (Wildman–Crippen MR) is 276 cm³/mol. The van der Waals surface area contributed by atoms with Crippen LogP contribution in [0.2, 0.25) is 20.1 Å². The third kappa shape index (κ3) is 17.9. The maximum atomic E-state index is 14.4. The summed E-state index contributed by atoms with van der Waals surface area (Å²) < 4.78 is 87.5. The lowest BCUT2D eigenvalue weighted by Gasteiger charge is -2.10. The Morgan fingerprint density at radius 2 is 1.01 bits per heavy atom. The summed E-state index contributed by atoms with van der Waals surface area (Å²) in [5, 5.41) is 35.9. The number of nitrogen functional groups attached to an aromatic ring is 2. The highest BCUT2D eigenvalue weighted by atomic mass is 79.9. The largest absolute Gasteiger partial charge is 0.508 e. The van der Waals surface area contributed by atoms with E-state index >= 15 is 0 Å². The molecule has 0 amide bonds. The molecule has 8 rings (SSSR count). The van der Waals surface area contributed by atoms with Crippen molar-refractivity contribution in [2.24, 2.45) is 0 Å². The fraction of sp³-hybridized carbons (Fsp3) is 0.0217. The maximum Gasteiger partial charge on any atom is 0.508 e. The molecule has 0 aliphatic rings. The van der Waals surface area contributed by atoms with E-state index in [1.165, 1.54) is 48.7 Å². The normalized spacial score (nSPS) is 10.7. The molecule has 0 aliphatic heterocycles. The zero-order chi connectivity index (χ0) is 52.6. The van der Waals surface area contributed by atoms with Crippen molar-refractivity contribution >= 4 is 116 Å². The molecule has 25 heteroatoms. The summed E-state index contributed by atoms with van der Waals surface area (Å²) in [6, 6.07) is 33.6. The molecule has 8 N–H and O–H groups in total. The van der Waals surface area contributed by atoms with Gasteiger partial charge in [-0.1, -0.05) is 98.7 Å². The van der Waals surface area contributed by atoms with Gasteiger partial charge in [0, 0.05) is 60.5 Å². The molecule has 0 fully saturated rings. The summed E-state index contributed by atoms with van der Waals surface area (Å²) in [7, 11) is -4.54. The van der Waals surface area contributed by atoms with Gasteiger partial charge in [-0.2, -0.15) is 0 Å². The van der Waals surface area contributed by atoms with Gasteiger partial charge in [0.15, 0.2) is 21.3 Å². The first kappa shape index (κ1) is 57.9. The number of rotatable bonds is 7. The lowest BCUT2D eigenvalue weighted by atomic mass is 9.86. The van der Waals surface area contributed by atoms with Crippen LogP contribution in [0.3, 0.4) is 0 Å². The Bertz CT molecular complexity index is 3320. The van der Waals surface area contributed by atoms with Crippen LogP contribution in [0.4, 0.5) is 24.5 Å². The van der Waals surface area contributed by atoms with E-state index in [1.54, 1.807) is 73.1 Å². The lowest BCUT2D eigenvalue weighted by molar-refractivity contribution is 0.424. The molecule has 0 radical (unpaired) electrons. The van der Waals surface area contributed by atoms with E-state index in [-0.39, 0.29) is 48.4 Å². The van der Waals surface area contributed by atoms with Gasteiger partial charge in [-0.25, -0.2) is 30.0 Å². The highest BCUT2D eigenvalue weighted by Gasteiger charge is 2.24. The highest BCUT2D eigenvalue weighted by Crippen LogP contribution is 2.37. The SMILES string of the molecule is Nc1ccc(-c2ccccn2)cc1F.Nc1ccc(Br)cc1F.O=S(=O)(Cc1ccc(-c2ccccn2)cc1F)c1cc(Cl)cc(Cl)c1O.O=S(=O)(Cl)c1cc(Cl)cc(Cl)c1O.OB(O)c1ccccn1. The van der Waals surface area contributed by atoms with Crippen molar-refractivity contribution in [3.05, 3.63) is 200 Å². The monoisotopic (exact) mass is 1170 g/mol. The van der Waals surface area contributed by atoms with Crippen molar-refractivity contribution in [2.75, 3.05) is 11.5 Å². The van der Waals surface area contributed by atoms with Gasteiger partial charge in [0.2, 0.25) is 0 Å². The van der Waals surface area contributed by atoms with E-state index in [9.17, 15) is 40.2 Å². The molecule has 0 spiro atoms.